The molecule has 114 valence electrons. The van der Waals surface area contributed by atoms with Gasteiger partial charge in [0.15, 0.2) is 0 Å². The largest absolute Gasteiger partial charge is 0.395 e. The molecular weight excluding hydrogens is 328 g/mol. The molecule has 1 saturated carbocycles. The van der Waals surface area contributed by atoms with Crippen LogP contribution in [0.15, 0.2) is 22.7 Å². The van der Waals surface area contributed by atoms with E-state index in [9.17, 15) is 0 Å². The zero-order chi connectivity index (χ0) is 14.4. The van der Waals surface area contributed by atoms with Crippen LogP contribution >= 0.6 is 15.9 Å². The van der Waals surface area contributed by atoms with E-state index in [-0.39, 0.29) is 6.61 Å². The fraction of sp³-hybridized carbons (Fsp3) is 0.647. The predicted molar refractivity (Wildman–Crippen MR) is 88.9 cm³/mol. The van der Waals surface area contributed by atoms with E-state index in [0.717, 1.165) is 19.6 Å². The molecule has 1 spiro atoms. The molecule has 1 aromatic carbocycles. The van der Waals surface area contributed by atoms with Gasteiger partial charge in [-0.2, -0.15) is 0 Å². The molecule has 4 heteroatoms. The SMILES string of the molecule is OCCN1CCC(N2CC3(CC3)c3cc(Br)ccc32)CC1. The quantitative estimate of drug-likeness (QED) is 0.907. The van der Waals surface area contributed by atoms with Gasteiger partial charge in [-0.15, -0.1) is 0 Å². The summed E-state index contributed by atoms with van der Waals surface area (Å²) in [6.07, 6.45) is 5.17. The Kier molecular flexibility index (Phi) is 3.51. The van der Waals surface area contributed by atoms with E-state index < -0.39 is 0 Å². The average molecular weight is 351 g/mol. The molecule has 2 fully saturated rings. The highest BCUT2D eigenvalue weighted by Gasteiger charge is 2.52. The zero-order valence-electron chi connectivity index (χ0n) is 12.4. The molecule has 0 bridgehead atoms. The third kappa shape index (κ3) is 2.41. The number of hydrogen-bond donors (Lipinski definition) is 1. The van der Waals surface area contributed by atoms with Crippen LogP contribution in [0.3, 0.4) is 0 Å². The number of halogens is 1. The van der Waals surface area contributed by atoms with Crippen molar-refractivity contribution >= 4 is 21.6 Å². The monoisotopic (exact) mass is 350 g/mol. The van der Waals surface area contributed by atoms with Crippen LogP contribution in [0, 0.1) is 0 Å². The lowest BCUT2D eigenvalue weighted by molar-refractivity contribution is 0.163. The molecule has 0 aromatic heterocycles. The lowest BCUT2D eigenvalue weighted by Crippen LogP contribution is -2.45. The first-order valence-electron chi connectivity index (χ1n) is 8.12. The lowest BCUT2D eigenvalue weighted by Gasteiger charge is -2.38. The van der Waals surface area contributed by atoms with Gasteiger partial charge in [-0.3, -0.25) is 0 Å². The maximum atomic E-state index is 9.07. The van der Waals surface area contributed by atoms with Gasteiger partial charge in [0.2, 0.25) is 0 Å². The van der Waals surface area contributed by atoms with Crippen molar-refractivity contribution in [3.05, 3.63) is 28.2 Å². The smallest absolute Gasteiger partial charge is 0.0558 e. The second kappa shape index (κ2) is 5.25. The fourth-order valence-corrected chi connectivity index (χ4v) is 4.54. The number of hydrogen-bond acceptors (Lipinski definition) is 3. The summed E-state index contributed by atoms with van der Waals surface area (Å²) in [6.45, 7) is 4.60. The molecule has 21 heavy (non-hydrogen) atoms. The van der Waals surface area contributed by atoms with Gasteiger partial charge in [0.25, 0.3) is 0 Å². The van der Waals surface area contributed by atoms with Crippen LogP contribution in [0.5, 0.6) is 0 Å². The van der Waals surface area contributed by atoms with Crippen molar-refractivity contribution < 1.29 is 5.11 Å². The first-order valence-corrected chi connectivity index (χ1v) is 8.91. The van der Waals surface area contributed by atoms with Gasteiger partial charge in [-0.25, -0.2) is 0 Å². The Morgan fingerprint density at radius 2 is 2.00 bits per heavy atom. The number of aliphatic hydroxyl groups excluding tert-OH is 1. The summed E-state index contributed by atoms with van der Waals surface area (Å²) >= 11 is 3.64. The molecule has 2 aliphatic heterocycles. The fourth-order valence-electron chi connectivity index (χ4n) is 4.18. The van der Waals surface area contributed by atoms with E-state index in [1.54, 1.807) is 5.56 Å². The molecule has 1 aliphatic carbocycles. The molecule has 0 unspecified atom stereocenters. The first-order chi connectivity index (χ1) is 10.2. The van der Waals surface area contributed by atoms with E-state index in [4.69, 9.17) is 5.11 Å². The Balaban J connectivity index is 1.53. The summed E-state index contributed by atoms with van der Waals surface area (Å²) in [5, 5.41) is 9.07. The number of aliphatic hydroxyl groups is 1. The molecule has 4 rings (SSSR count). The van der Waals surface area contributed by atoms with Crippen molar-refractivity contribution in [3.63, 3.8) is 0 Å². The summed E-state index contributed by atoms with van der Waals surface area (Å²) in [4.78, 5) is 5.08. The minimum atomic E-state index is 0.286. The van der Waals surface area contributed by atoms with Gasteiger partial charge in [0.1, 0.15) is 0 Å². The second-order valence-electron chi connectivity index (χ2n) is 6.87. The number of piperidine rings is 1. The van der Waals surface area contributed by atoms with Crippen molar-refractivity contribution in [2.45, 2.75) is 37.1 Å². The van der Waals surface area contributed by atoms with Crippen LogP contribution in [0.4, 0.5) is 5.69 Å². The zero-order valence-corrected chi connectivity index (χ0v) is 14.0. The van der Waals surface area contributed by atoms with Crippen LogP contribution in [0.2, 0.25) is 0 Å². The molecular formula is C17H23BrN2O. The first kappa shape index (κ1) is 14.0. The number of benzene rings is 1. The molecule has 2 heterocycles. The van der Waals surface area contributed by atoms with E-state index in [2.05, 4.69) is 43.9 Å². The molecule has 1 saturated heterocycles. The summed E-state index contributed by atoms with van der Waals surface area (Å²) < 4.78 is 1.21. The van der Waals surface area contributed by atoms with Crippen molar-refractivity contribution in [2.24, 2.45) is 0 Å². The normalized spacial score (nSPS) is 24.6. The molecule has 0 amide bonds. The number of anilines is 1. The van der Waals surface area contributed by atoms with Crippen LogP contribution in [0.1, 0.15) is 31.2 Å². The Hall–Kier alpha value is -0.580. The Morgan fingerprint density at radius 1 is 1.24 bits per heavy atom. The molecule has 1 N–H and O–H groups in total. The van der Waals surface area contributed by atoms with Gasteiger partial charge in [-0.1, -0.05) is 15.9 Å². The number of likely N-dealkylation sites (tertiary alicyclic amines) is 1. The summed E-state index contributed by atoms with van der Waals surface area (Å²) in [7, 11) is 0. The number of β-amino-alcohol motifs (C(OH)–C–C–N with tert-alkyl or cyclic N) is 1. The Bertz CT molecular complexity index is 536. The number of rotatable bonds is 3. The van der Waals surface area contributed by atoms with Gasteiger partial charge >= 0.3 is 0 Å². The standard InChI is InChI=1S/C17H23BrN2O/c18-13-1-2-16-15(11-13)17(5-6-17)12-20(16)14-3-7-19(8-4-14)9-10-21/h1-2,11,14,21H,3-10,12H2. The van der Waals surface area contributed by atoms with Crippen LogP contribution in [-0.2, 0) is 5.41 Å². The van der Waals surface area contributed by atoms with Crippen molar-refractivity contribution in [1.29, 1.82) is 0 Å². The average Bonchev–Trinajstić information content (AvgIpc) is 3.20. The van der Waals surface area contributed by atoms with Crippen LogP contribution in [-0.4, -0.2) is 48.8 Å². The van der Waals surface area contributed by atoms with Crippen molar-refractivity contribution in [3.8, 4) is 0 Å². The third-order valence-corrected chi connectivity index (χ3v) is 6.07. The number of fused-ring (bicyclic) bond motifs is 2. The number of nitrogens with zero attached hydrogens (tertiary/aromatic N) is 2. The van der Waals surface area contributed by atoms with E-state index in [1.807, 2.05) is 0 Å². The van der Waals surface area contributed by atoms with Crippen molar-refractivity contribution in [2.75, 3.05) is 37.7 Å². The second-order valence-corrected chi connectivity index (χ2v) is 7.78. The van der Waals surface area contributed by atoms with Gasteiger partial charge in [-0.05, 0) is 49.4 Å². The van der Waals surface area contributed by atoms with E-state index in [1.165, 1.54) is 42.4 Å². The summed E-state index contributed by atoms with van der Waals surface area (Å²) in [5.74, 6) is 0. The molecule has 3 aliphatic rings. The maximum Gasteiger partial charge on any atom is 0.0558 e. The third-order valence-electron chi connectivity index (χ3n) is 5.58. The minimum Gasteiger partial charge on any atom is -0.395 e. The Labute approximate surface area is 135 Å². The molecule has 3 nitrogen and oxygen atoms in total. The molecule has 0 radical (unpaired) electrons. The predicted octanol–water partition coefficient (Wildman–Crippen LogP) is 2.76. The van der Waals surface area contributed by atoms with Gasteiger partial charge in [0, 0.05) is 47.8 Å². The maximum absolute atomic E-state index is 9.07. The van der Waals surface area contributed by atoms with Crippen LogP contribution in [0.25, 0.3) is 0 Å². The van der Waals surface area contributed by atoms with Gasteiger partial charge in [0.05, 0.1) is 6.61 Å². The topological polar surface area (TPSA) is 26.7 Å². The highest BCUT2D eigenvalue weighted by molar-refractivity contribution is 9.10. The van der Waals surface area contributed by atoms with Crippen molar-refractivity contribution in [1.82, 2.24) is 4.90 Å². The summed E-state index contributed by atoms with van der Waals surface area (Å²) in [6, 6.07) is 7.53. The molecule has 1 aromatic rings. The van der Waals surface area contributed by atoms with Crippen LogP contribution < -0.4 is 4.90 Å². The van der Waals surface area contributed by atoms with E-state index in [0.29, 0.717) is 11.5 Å². The minimum absolute atomic E-state index is 0.286. The van der Waals surface area contributed by atoms with E-state index >= 15 is 0 Å². The highest BCUT2D eigenvalue weighted by atomic mass is 79.9. The van der Waals surface area contributed by atoms with Gasteiger partial charge < -0.3 is 14.9 Å². The summed E-state index contributed by atoms with van der Waals surface area (Å²) in [5.41, 5.74) is 3.53. The Morgan fingerprint density at radius 3 is 2.67 bits per heavy atom. The lowest BCUT2D eigenvalue weighted by atomic mass is 9.99. The highest BCUT2D eigenvalue weighted by Crippen LogP contribution is 2.57. The molecule has 0 atom stereocenters.